The Morgan fingerprint density at radius 3 is 2.81 bits per heavy atom. The highest BCUT2D eigenvalue weighted by Crippen LogP contribution is 2.29. The maximum atomic E-state index is 9.07. The molecule has 0 fully saturated rings. The summed E-state index contributed by atoms with van der Waals surface area (Å²) < 4.78 is 1.80. The van der Waals surface area contributed by atoms with Crippen molar-refractivity contribution in [3.63, 3.8) is 0 Å². The molecule has 0 saturated carbocycles. The number of nitrogens with zero attached hydrogens (tertiary/aromatic N) is 4. The molecule has 0 bridgehead atoms. The van der Waals surface area contributed by atoms with E-state index in [0.717, 1.165) is 6.42 Å². The third-order valence-electron chi connectivity index (χ3n) is 2.47. The lowest BCUT2D eigenvalue weighted by Crippen LogP contribution is -2.03. The lowest BCUT2D eigenvalue weighted by Gasteiger charge is -2.03. The van der Waals surface area contributed by atoms with Gasteiger partial charge in [-0.15, -0.1) is 0 Å². The first-order valence-corrected chi connectivity index (χ1v) is 4.99. The van der Waals surface area contributed by atoms with E-state index >= 15 is 0 Å². The van der Waals surface area contributed by atoms with Crippen molar-refractivity contribution in [2.24, 2.45) is 0 Å². The van der Waals surface area contributed by atoms with Crippen molar-refractivity contribution in [1.29, 1.82) is 5.26 Å². The lowest BCUT2D eigenvalue weighted by atomic mass is 10.2. The van der Waals surface area contributed by atoms with Crippen LogP contribution in [0.15, 0.2) is 6.33 Å². The molecule has 4 N–H and O–H groups in total. The minimum absolute atomic E-state index is 0.295. The molecule has 0 aromatic carbocycles. The van der Waals surface area contributed by atoms with Gasteiger partial charge in [-0.05, 0) is 6.42 Å². The van der Waals surface area contributed by atoms with E-state index < -0.39 is 0 Å². The molecular weight excluding hydrogens is 204 g/mol. The Bertz CT molecular complexity index is 577. The summed E-state index contributed by atoms with van der Waals surface area (Å²) in [4.78, 5) is 8.01. The quantitative estimate of drug-likeness (QED) is 0.774. The molecule has 2 rings (SSSR count). The summed E-state index contributed by atoms with van der Waals surface area (Å²) in [6.07, 6.45) is 2.28. The van der Waals surface area contributed by atoms with Crippen LogP contribution >= 0.6 is 0 Å². The van der Waals surface area contributed by atoms with Crippen molar-refractivity contribution in [2.45, 2.75) is 19.9 Å². The summed E-state index contributed by atoms with van der Waals surface area (Å²) in [5.74, 6) is 0.703. The molecule has 0 aliphatic carbocycles. The molecule has 0 aliphatic heterocycles. The van der Waals surface area contributed by atoms with Gasteiger partial charge in [0.05, 0.1) is 5.39 Å². The Labute approximate surface area is 92.5 Å². The van der Waals surface area contributed by atoms with Crippen LogP contribution in [0.2, 0.25) is 0 Å². The first-order valence-electron chi connectivity index (χ1n) is 4.99. The van der Waals surface area contributed by atoms with Gasteiger partial charge in [0.2, 0.25) is 0 Å². The maximum absolute atomic E-state index is 9.07. The van der Waals surface area contributed by atoms with Crippen LogP contribution in [0, 0.1) is 11.3 Å². The third-order valence-corrected chi connectivity index (χ3v) is 2.47. The van der Waals surface area contributed by atoms with Crippen LogP contribution in [0.4, 0.5) is 11.6 Å². The smallest absolute Gasteiger partial charge is 0.148 e. The van der Waals surface area contributed by atoms with Crippen LogP contribution < -0.4 is 11.5 Å². The maximum Gasteiger partial charge on any atom is 0.148 e. The lowest BCUT2D eigenvalue weighted by molar-refractivity contribution is 0.705. The summed E-state index contributed by atoms with van der Waals surface area (Å²) in [5, 5.41) is 9.62. The van der Waals surface area contributed by atoms with Gasteiger partial charge in [0, 0.05) is 6.54 Å². The minimum Gasteiger partial charge on any atom is -0.384 e. The minimum atomic E-state index is 0.295. The molecule has 0 unspecified atom stereocenters. The summed E-state index contributed by atoms with van der Waals surface area (Å²) in [6, 6.07) is 2.05. The van der Waals surface area contributed by atoms with Gasteiger partial charge >= 0.3 is 0 Å². The summed E-state index contributed by atoms with van der Waals surface area (Å²) in [7, 11) is 0. The van der Waals surface area contributed by atoms with Gasteiger partial charge in [-0.1, -0.05) is 6.92 Å². The fourth-order valence-corrected chi connectivity index (χ4v) is 1.77. The molecule has 0 aliphatic rings. The highest BCUT2D eigenvalue weighted by Gasteiger charge is 2.17. The molecule has 0 spiro atoms. The first kappa shape index (κ1) is 10.2. The van der Waals surface area contributed by atoms with E-state index in [9.17, 15) is 0 Å². The van der Waals surface area contributed by atoms with E-state index in [-0.39, 0.29) is 0 Å². The van der Waals surface area contributed by atoms with Crippen LogP contribution in [0.25, 0.3) is 11.0 Å². The van der Waals surface area contributed by atoms with Crippen LogP contribution in [-0.2, 0) is 6.54 Å². The summed E-state index contributed by atoms with van der Waals surface area (Å²) in [6.45, 7) is 2.74. The number of nitrogens with two attached hydrogens (primary N) is 2. The van der Waals surface area contributed by atoms with E-state index in [1.807, 2.05) is 6.92 Å². The number of rotatable bonds is 2. The Hall–Kier alpha value is -2.29. The molecule has 6 heteroatoms. The molecule has 16 heavy (non-hydrogen) atoms. The van der Waals surface area contributed by atoms with E-state index in [4.69, 9.17) is 16.7 Å². The second-order valence-electron chi connectivity index (χ2n) is 3.48. The van der Waals surface area contributed by atoms with E-state index in [0.29, 0.717) is 34.8 Å². The van der Waals surface area contributed by atoms with Gasteiger partial charge in [-0.25, -0.2) is 9.97 Å². The van der Waals surface area contributed by atoms with Crippen molar-refractivity contribution in [3.8, 4) is 6.07 Å². The number of anilines is 2. The summed E-state index contributed by atoms with van der Waals surface area (Å²) >= 11 is 0. The number of nitriles is 1. The van der Waals surface area contributed by atoms with Crippen LogP contribution in [0.1, 0.15) is 18.9 Å². The molecule has 0 radical (unpaired) electrons. The van der Waals surface area contributed by atoms with Crippen molar-refractivity contribution in [2.75, 3.05) is 11.5 Å². The van der Waals surface area contributed by atoms with Crippen molar-refractivity contribution >= 4 is 22.7 Å². The predicted octanol–water partition coefficient (Wildman–Crippen LogP) is 0.877. The molecule has 82 valence electrons. The number of nitrogen functional groups attached to an aromatic ring is 2. The molecular formula is C10H12N6. The Balaban J connectivity index is 2.88. The fourth-order valence-electron chi connectivity index (χ4n) is 1.77. The average Bonchev–Trinajstić information content (AvgIpc) is 2.54. The molecule has 2 aromatic rings. The monoisotopic (exact) mass is 216 g/mol. The highest BCUT2D eigenvalue weighted by molar-refractivity contribution is 5.96. The van der Waals surface area contributed by atoms with E-state index in [2.05, 4.69) is 16.0 Å². The number of aryl methyl sites for hydroxylation is 1. The average molecular weight is 216 g/mol. The van der Waals surface area contributed by atoms with Crippen LogP contribution in [0.3, 0.4) is 0 Å². The standard InChI is InChI=1S/C10H12N6/c1-2-3-16-9(13)6(4-11)7-8(12)14-5-15-10(7)16/h5H,2-3,13H2,1H3,(H2,12,14,15). The number of fused-ring (bicyclic) bond motifs is 1. The van der Waals surface area contributed by atoms with Gasteiger partial charge in [0.25, 0.3) is 0 Å². The Morgan fingerprint density at radius 2 is 2.19 bits per heavy atom. The zero-order valence-electron chi connectivity index (χ0n) is 8.94. The number of hydrogen-bond acceptors (Lipinski definition) is 5. The molecule has 0 saturated heterocycles. The molecule has 2 aromatic heterocycles. The fraction of sp³-hybridized carbons (Fsp3) is 0.300. The molecule has 2 heterocycles. The molecule has 0 atom stereocenters. The van der Waals surface area contributed by atoms with Gasteiger partial charge in [0.1, 0.15) is 35.2 Å². The molecule has 0 amide bonds. The van der Waals surface area contributed by atoms with Crippen LogP contribution in [-0.4, -0.2) is 14.5 Å². The largest absolute Gasteiger partial charge is 0.384 e. The first-order chi connectivity index (χ1) is 7.70. The van der Waals surface area contributed by atoms with Crippen molar-refractivity contribution in [1.82, 2.24) is 14.5 Å². The Morgan fingerprint density at radius 1 is 1.44 bits per heavy atom. The van der Waals surface area contributed by atoms with Gasteiger partial charge in [0.15, 0.2) is 0 Å². The zero-order chi connectivity index (χ0) is 11.7. The van der Waals surface area contributed by atoms with Gasteiger partial charge in [-0.3, -0.25) is 0 Å². The topological polar surface area (TPSA) is 107 Å². The van der Waals surface area contributed by atoms with Crippen molar-refractivity contribution in [3.05, 3.63) is 11.9 Å². The second-order valence-corrected chi connectivity index (χ2v) is 3.48. The van der Waals surface area contributed by atoms with E-state index in [1.165, 1.54) is 6.33 Å². The second kappa shape index (κ2) is 3.70. The van der Waals surface area contributed by atoms with Gasteiger partial charge < -0.3 is 16.0 Å². The third kappa shape index (κ3) is 1.26. The van der Waals surface area contributed by atoms with Crippen molar-refractivity contribution < 1.29 is 0 Å². The molecule has 6 nitrogen and oxygen atoms in total. The number of aromatic nitrogens is 3. The van der Waals surface area contributed by atoms with E-state index in [1.54, 1.807) is 4.57 Å². The normalized spacial score (nSPS) is 10.5. The SMILES string of the molecule is CCCn1c(N)c(C#N)c2c(N)ncnc21. The zero-order valence-corrected chi connectivity index (χ0v) is 8.94. The summed E-state index contributed by atoms with van der Waals surface area (Å²) in [5.41, 5.74) is 12.6. The predicted molar refractivity (Wildman–Crippen MR) is 61.4 cm³/mol. The Kier molecular flexibility index (Phi) is 2.37. The number of hydrogen-bond donors (Lipinski definition) is 2. The van der Waals surface area contributed by atoms with Crippen LogP contribution in [0.5, 0.6) is 0 Å². The van der Waals surface area contributed by atoms with Gasteiger partial charge in [-0.2, -0.15) is 5.26 Å². The highest BCUT2D eigenvalue weighted by atomic mass is 15.1.